The van der Waals surface area contributed by atoms with Crippen molar-refractivity contribution in [1.82, 2.24) is 4.90 Å². The first-order chi connectivity index (χ1) is 10.7. The summed E-state index contributed by atoms with van der Waals surface area (Å²) >= 11 is 0. The van der Waals surface area contributed by atoms with E-state index in [0.717, 1.165) is 30.6 Å². The molecule has 1 unspecified atom stereocenters. The molecule has 1 aliphatic heterocycles. The van der Waals surface area contributed by atoms with Gasteiger partial charge < -0.3 is 16.0 Å². The number of nitrogens with one attached hydrogen (secondary N) is 1. The molecule has 0 bridgehead atoms. The molecule has 1 atom stereocenters. The zero-order valence-electron chi connectivity index (χ0n) is 14.5. The van der Waals surface area contributed by atoms with E-state index in [1.807, 2.05) is 44.7 Å². The van der Waals surface area contributed by atoms with Crippen LogP contribution in [0.1, 0.15) is 39.2 Å². The van der Waals surface area contributed by atoms with Gasteiger partial charge in [0.25, 0.3) is 0 Å². The Balaban J connectivity index is 2.05. The number of amides is 2. The summed E-state index contributed by atoms with van der Waals surface area (Å²) in [6.07, 6.45) is 1.66. The van der Waals surface area contributed by atoms with Gasteiger partial charge in [0.15, 0.2) is 0 Å². The van der Waals surface area contributed by atoms with Crippen molar-refractivity contribution in [2.45, 2.75) is 40.5 Å². The van der Waals surface area contributed by atoms with Crippen LogP contribution in [0.5, 0.6) is 0 Å². The lowest BCUT2D eigenvalue weighted by Crippen LogP contribution is -2.47. The number of hydrogen-bond acceptors (Lipinski definition) is 3. The smallest absolute Gasteiger partial charge is 0.229 e. The first-order valence-corrected chi connectivity index (χ1v) is 8.15. The van der Waals surface area contributed by atoms with E-state index in [1.54, 1.807) is 6.07 Å². The molecule has 1 aromatic rings. The lowest BCUT2D eigenvalue weighted by molar-refractivity contribution is -0.142. The number of likely N-dealkylation sites (tertiary alicyclic amines) is 1. The molecule has 1 saturated heterocycles. The van der Waals surface area contributed by atoms with Crippen LogP contribution in [0.15, 0.2) is 18.2 Å². The topological polar surface area (TPSA) is 75.4 Å². The number of nitrogens with two attached hydrogens (primary N) is 1. The molecule has 2 rings (SSSR count). The van der Waals surface area contributed by atoms with E-state index in [0.29, 0.717) is 12.2 Å². The van der Waals surface area contributed by atoms with Gasteiger partial charge in [-0.15, -0.1) is 0 Å². The van der Waals surface area contributed by atoms with Crippen LogP contribution in [-0.4, -0.2) is 29.8 Å². The predicted octanol–water partition coefficient (Wildman–Crippen LogP) is 2.80. The summed E-state index contributed by atoms with van der Waals surface area (Å²) in [5, 5.41) is 2.96. The number of hydrogen-bond donors (Lipinski definition) is 2. The molecule has 0 saturated carbocycles. The van der Waals surface area contributed by atoms with E-state index >= 15 is 0 Å². The van der Waals surface area contributed by atoms with Crippen LogP contribution in [-0.2, 0) is 9.59 Å². The second-order valence-electron chi connectivity index (χ2n) is 7.40. The molecular weight excluding hydrogens is 290 g/mol. The minimum Gasteiger partial charge on any atom is -0.399 e. The molecule has 2 amide bonds. The van der Waals surface area contributed by atoms with Crippen LogP contribution in [0, 0.1) is 18.3 Å². The Labute approximate surface area is 138 Å². The molecule has 126 valence electrons. The van der Waals surface area contributed by atoms with E-state index in [9.17, 15) is 9.59 Å². The molecule has 5 nitrogen and oxygen atoms in total. The SMILES string of the molecule is Cc1ccc(N)cc1NC(=O)C1CCCN(C(=O)C(C)(C)C)C1. The van der Waals surface area contributed by atoms with Crippen LogP contribution < -0.4 is 11.1 Å². The average Bonchev–Trinajstić information content (AvgIpc) is 2.49. The Hall–Kier alpha value is -2.04. The summed E-state index contributed by atoms with van der Waals surface area (Å²) in [5.41, 5.74) is 7.72. The quantitative estimate of drug-likeness (QED) is 0.824. The fraction of sp³-hybridized carbons (Fsp3) is 0.556. The predicted molar refractivity (Wildman–Crippen MR) is 93.0 cm³/mol. The highest BCUT2D eigenvalue weighted by atomic mass is 16.2. The Morgan fingerprint density at radius 1 is 1.30 bits per heavy atom. The van der Waals surface area contributed by atoms with Crippen LogP contribution in [0.25, 0.3) is 0 Å². The van der Waals surface area contributed by atoms with Gasteiger partial charge in [-0.2, -0.15) is 0 Å². The highest BCUT2D eigenvalue weighted by Crippen LogP contribution is 2.25. The van der Waals surface area contributed by atoms with Gasteiger partial charge in [-0.05, 0) is 37.5 Å². The molecule has 1 heterocycles. The second-order valence-corrected chi connectivity index (χ2v) is 7.40. The van der Waals surface area contributed by atoms with Crippen molar-refractivity contribution in [2.75, 3.05) is 24.1 Å². The summed E-state index contributed by atoms with van der Waals surface area (Å²) in [6, 6.07) is 5.48. The van der Waals surface area contributed by atoms with Gasteiger partial charge in [0, 0.05) is 29.9 Å². The normalized spacial score (nSPS) is 18.6. The molecule has 3 N–H and O–H groups in total. The molecule has 0 aliphatic carbocycles. The van der Waals surface area contributed by atoms with Crippen molar-refractivity contribution in [1.29, 1.82) is 0 Å². The third-order valence-corrected chi connectivity index (χ3v) is 4.24. The number of anilines is 2. The molecule has 0 radical (unpaired) electrons. The molecule has 23 heavy (non-hydrogen) atoms. The van der Waals surface area contributed by atoms with Gasteiger partial charge in [-0.25, -0.2) is 0 Å². The Morgan fingerprint density at radius 2 is 2.00 bits per heavy atom. The fourth-order valence-electron chi connectivity index (χ4n) is 2.86. The van der Waals surface area contributed by atoms with Crippen molar-refractivity contribution in [2.24, 2.45) is 11.3 Å². The third kappa shape index (κ3) is 4.24. The lowest BCUT2D eigenvalue weighted by atomic mass is 9.91. The highest BCUT2D eigenvalue weighted by Gasteiger charge is 2.33. The maximum Gasteiger partial charge on any atom is 0.229 e. The number of nitrogens with zero attached hydrogens (tertiary/aromatic N) is 1. The van der Waals surface area contributed by atoms with Gasteiger partial charge in [0.2, 0.25) is 11.8 Å². The molecule has 0 aromatic heterocycles. The summed E-state index contributed by atoms with van der Waals surface area (Å²) < 4.78 is 0. The third-order valence-electron chi connectivity index (χ3n) is 4.24. The van der Waals surface area contributed by atoms with Gasteiger partial charge in [-0.1, -0.05) is 26.8 Å². The van der Waals surface area contributed by atoms with E-state index in [1.165, 1.54) is 0 Å². The number of rotatable bonds is 2. The lowest BCUT2D eigenvalue weighted by Gasteiger charge is -2.36. The average molecular weight is 317 g/mol. The maximum absolute atomic E-state index is 12.6. The number of aryl methyl sites for hydroxylation is 1. The second kappa shape index (κ2) is 6.60. The summed E-state index contributed by atoms with van der Waals surface area (Å²) in [7, 11) is 0. The monoisotopic (exact) mass is 317 g/mol. The van der Waals surface area contributed by atoms with E-state index in [2.05, 4.69) is 5.32 Å². The highest BCUT2D eigenvalue weighted by molar-refractivity contribution is 5.94. The first kappa shape index (κ1) is 17.3. The van der Waals surface area contributed by atoms with Crippen LogP contribution >= 0.6 is 0 Å². The molecule has 5 heteroatoms. The molecule has 1 fully saturated rings. The van der Waals surface area contributed by atoms with Crippen molar-refractivity contribution < 1.29 is 9.59 Å². The number of piperidine rings is 1. The van der Waals surface area contributed by atoms with Crippen molar-refractivity contribution in [3.63, 3.8) is 0 Å². The van der Waals surface area contributed by atoms with Gasteiger partial charge in [0.1, 0.15) is 0 Å². The number of carbonyl (C=O) groups excluding carboxylic acids is 2. The molecular formula is C18H27N3O2. The van der Waals surface area contributed by atoms with Gasteiger partial charge in [-0.3, -0.25) is 9.59 Å². The zero-order chi connectivity index (χ0) is 17.2. The molecule has 0 spiro atoms. The number of carbonyl (C=O) groups is 2. The van der Waals surface area contributed by atoms with E-state index in [-0.39, 0.29) is 17.7 Å². The van der Waals surface area contributed by atoms with E-state index in [4.69, 9.17) is 5.73 Å². The Kier molecular flexibility index (Phi) is 4.97. The maximum atomic E-state index is 12.6. The zero-order valence-corrected chi connectivity index (χ0v) is 14.5. The molecule has 1 aliphatic rings. The summed E-state index contributed by atoms with van der Waals surface area (Å²) in [5.74, 6) is -0.101. The first-order valence-electron chi connectivity index (χ1n) is 8.15. The van der Waals surface area contributed by atoms with Crippen LogP contribution in [0.4, 0.5) is 11.4 Å². The molecule has 1 aromatic carbocycles. The van der Waals surface area contributed by atoms with Crippen LogP contribution in [0.2, 0.25) is 0 Å². The standard InChI is InChI=1S/C18H27N3O2/c1-12-7-8-14(19)10-15(12)20-16(22)13-6-5-9-21(11-13)17(23)18(2,3)4/h7-8,10,13H,5-6,9,11,19H2,1-4H3,(H,20,22). The Bertz CT molecular complexity index is 605. The summed E-state index contributed by atoms with van der Waals surface area (Å²) in [6.45, 7) is 8.89. The van der Waals surface area contributed by atoms with Crippen LogP contribution in [0.3, 0.4) is 0 Å². The van der Waals surface area contributed by atoms with Gasteiger partial charge in [0.05, 0.1) is 5.92 Å². The minimum atomic E-state index is -0.414. The summed E-state index contributed by atoms with van der Waals surface area (Å²) in [4.78, 5) is 26.8. The largest absolute Gasteiger partial charge is 0.399 e. The number of benzene rings is 1. The van der Waals surface area contributed by atoms with Crippen molar-refractivity contribution in [3.05, 3.63) is 23.8 Å². The van der Waals surface area contributed by atoms with Crippen molar-refractivity contribution in [3.8, 4) is 0 Å². The minimum absolute atomic E-state index is 0.0369. The Morgan fingerprint density at radius 3 is 2.65 bits per heavy atom. The van der Waals surface area contributed by atoms with E-state index < -0.39 is 5.41 Å². The fourth-order valence-corrected chi connectivity index (χ4v) is 2.86. The number of nitrogen functional groups attached to an aromatic ring is 1. The van der Waals surface area contributed by atoms with Gasteiger partial charge >= 0.3 is 0 Å². The van der Waals surface area contributed by atoms with Crippen molar-refractivity contribution >= 4 is 23.2 Å².